The number of benzene rings is 1. The summed E-state index contributed by atoms with van der Waals surface area (Å²) >= 11 is 1.23. The van der Waals surface area contributed by atoms with Crippen LogP contribution in [0.15, 0.2) is 34.2 Å². The molecule has 0 saturated carbocycles. The maximum absolute atomic E-state index is 12.6. The van der Waals surface area contributed by atoms with Crippen LogP contribution in [-0.4, -0.2) is 28.7 Å². The number of aromatic amines is 1. The molecule has 24 heavy (non-hydrogen) atoms. The van der Waals surface area contributed by atoms with E-state index in [-0.39, 0.29) is 23.7 Å². The van der Waals surface area contributed by atoms with Crippen LogP contribution in [0.1, 0.15) is 23.5 Å². The highest BCUT2D eigenvalue weighted by atomic mass is 32.2. The van der Waals surface area contributed by atoms with Gasteiger partial charge in [-0.05, 0) is 6.07 Å². The van der Waals surface area contributed by atoms with Gasteiger partial charge in [0.15, 0.2) is 5.16 Å². The number of nitrogens with zero attached hydrogens (tertiary/aromatic N) is 1. The van der Waals surface area contributed by atoms with Crippen LogP contribution in [0, 0.1) is 12.3 Å². The van der Waals surface area contributed by atoms with Gasteiger partial charge in [0.25, 0.3) is 5.56 Å². The molecule has 122 valence electrons. The van der Waals surface area contributed by atoms with Gasteiger partial charge in [-0.15, -0.1) is 6.42 Å². The number of carbonyl (C=O) groups excluding carboxylic acids is 1. The summed E-state index contributed by atoms with van der Waals surface area (Å²) in [6.45, 7) is 0. The van der Waals surface area contributed by atoms with Crippen molar-refractivity contribution in [2.75, 3.05) is 18.2 Å². The van der Waals surface area contributed by atoms with Crippen molar-refractivity contribution in [2.45, 2.75) is 17.5 Å². The fourth-order valence-electron chi connectivity index (χ4n) is 2.75. The smallest absolute Gasteiger partial charge is 0.257 e. The number of para-hydroxylation sites is 1. The summed E-state index contributed by atoms with van der Waals surface area (Å²) in [6.07, 6.45) is 5.39. The van der Waals surface area contributed by atoms with Crippen molar-refractivity contribution in [1.29, 1.82) is 0 Å². The Hall–Kier alpha value is -2.72. The number of fused-ring (bicyclic) bond motifs is 1. The van der Waals surface area contributed by atoms with Gasteiger partial charge in [-0.3, -0.25) is 9.59 Å². The normalized spacial score (nSPS) is 16.0. The maximum Gasteiger partial charge on any atom is 0.257 e. The minimum absolute atomic E-state index is 0.162. The molecule has 6 nitrogen and oxygen atoms in total. The molecular formula is C17H15N3O3S. The third kappa shape index (κ3) is 3.01. The number of terminal acetylenes is 1. The first-order valence-corrected chi connectivity index (χ1v) is 8.25. The summed E-state index contributed by atoms with van der Waals surface area (Å²) in [6, 6.07) is 7.35. The van der Waals surface area contributed by atoms with E-state index in [1.54, 1.807) is 13.2 Å². The van der Waals surface area contributed by atoms with E-state index in [0.717, 1.165) is 5.56 Å². The van der Waals surface area contributed by atoms with Gasteiger partial charge in [0.05, 0.1) is 18.4 Å². The standard InChI is InChI=1S/C17H15N3O3S/c1-3-8-24-17-19-15-14(16(22)20-17)11(9-13(21)18-15)10-6-4-5-7-12(10)23-2/h1,4-7,11H,8-9H2,2H3,(H2,18,19,20,21,22). The zero-order valence-corrected chi connectivity index (χ0v) is 13.8. The number of methoxy groups -OCH3 is 1. The monoisotopic (exact) mass is 341 g/mol. The van der Waals surface area contributed by atoms with E-state index < -0.39 is 5.92 Å². The highest BCUT2D eigenvalue weighted by molar-refractivity contribution is 7.99. The lowest BCUT2D eigenvalue weighted by Gasteiger charge is -2.25. The summed E-state index contributed by atoms with van der Waals surface area (Å²) < 4.78 is 5.37. The average molecular weight is 341 g/mol. The summed E-state index contributed by atoms with van der Waals surface area (Å²) in [7, 11) is 1.56. The number of hydrogen-bond donors (Lipinski definition) is 2. The van der Waals surface area contributed by atoms with Crippen LogP contribution < -0.4 is 15.6 Å². The lowest BCUT2D eigenvalue weighted by atomic mass is 9.86. The van der Waals surface area contributed by atoms with E-state index in [4.69, 9.17) is 11.2 Å². The minimum atomic E-state index is -0.409. The highest BCUT2D eigenvalue weighted by Gasteiger charge is 2.32. The first-order valence-electron chi connectivity index (χ1n) is 7.27. The molecule has 1 aromatic heterocycles. The largest absolute Gasteiger partial charge is 0.496 e. The van der Waals surface area contributed by atoms with Crippen molar-refractivity contribution in [1.82, 2.24) is 9.97 Å². The first kappa shape index (κ1) is 16.1. The first-order chi connectivity index (χ1) is 11.6. The Morgan fingerprint density at radius 3 is 2.96 bits per heavy atom. The number of anilines is 1. The van der Waals surface area contributed by atoms with Crippen LogP contribution in [0.5, 0.6) is 5.75 Å². The van der Waals surface area contributed by atoms with E-state index in [9.17, 15) is 9.59 Å². The Bertz CT molecular complexity index is 885. The number of rotatable bonds is 4. The van der Waals surface area contributed by atoms with Gasteiger partial charge >= 0.3 is 0 Å². The zero-order valence-electron chi connectivity index (χ0n) is 13.0. The Morgan fingerprint density at radius 2 is 2.21 bits per heavy atom. The Labute approximate surface area is 143 Å². The molecule has 3 rings (SSSR count). The molecule has 0 spiro atoms. The van der Waals surface area contributed by atoms with Crippen molar-refractivity contribution in [3.05, 3.63) is 45.7 Å². The molecule has 0 saturated heterocycles. The van der Waals surface area contributed by atoms with E-state index in [1.807, 2.05) is 18.2 Å². The van der Waals surface area contributed by atoms with Crippen molar-refractivity contribution in [2.24, 2.45) is 0 Å². The van der Waals surface area contributed by atoms with Crippen LogP contribution in [0.4, 0.5) is 5.82 Å². The Kier molecular flexibility index (Phi) is 4.58. The zero-order chi connectivity index (χ0) is 17.1. The molecule has 2 heterocycles. The van der Waals surface area contributed by atoms with Crippen LogP contribution in [0.3, 0.4) is 0 Å². The highest BCUT2D eigenvalue weighted by Crippen LogP contribution is 2.38. The van der Waals surface area contributed by atoms with Gasteiger partial charge in [-0.1, -0.05) is 35.9 Å². The summed E-state index contributed by atoms with van der Waals surface area (Å²) in [5.41, 5.74) is 0.937. The molecule has 0 bridgehead atoms. The topological polar surface area (TPSA) is 84.1 Å². The third-order valence-electron chi connectivity index (χ3n) is 3.74. The number of thioether (sulfide) groups is 1. The second kappa shape index (κ2) is 6.81. The molecule has 1 aliphatic heterocycles. The van der Waals surface area contributed by atoms with Gasteiger partial charge < -0.3 is 15.0 Å². The SMILES string of the molecule is C#CCSc1nc2c(c(=O)[nH]1)C(c1ccccc1OC)CC(=O)N2. The molecule has 1 amide bonds. The quantitative estimate of drug-likeness (QED) is 0.505. The molecule has 0 aliphatic carbocycles. The van der Waals surface area contributed by atoms with Gasteiger partial charge in [-0.25, -0.2) is 4.98 Å². The molecular weight excluding hydrogens is 326 g/mol. The van der Waals surface area contributed by atoms with Crippen molar-refractivity contribution in [3.8, 4) is 18.1 Å². The molecule has 1 unspecified atom stereocenters. The minimum Gasteiger partial charge on any atom is -0.496 e. The number of hydrogen-bond acceptors (Lipinski definition) is 5. The number of nitrogens with one attached hydrogen (secondary N) is 2. The van der Waals surface area contributed by atoms with Crippen LogP contribution >= 0.6 is 11.8 Å². The third-order valence-corrected chi connectivity index (χ3v) is 4.51. The molecule has 0 radical (unpaired) electrons. The molecule has 7 heteroatoms. The molecule has 2 aromatic rings. The molecule has 1 atom stereocenters. The van der Waals surface area contributed by atoms with Crippen LogP contribution in [0.2, 0.25) is 0 Å². The summed E-state index contributed by atoms with van der Waals surface area (Å²) in [4.78, 5) is 31.8. The van der Waals surface area contributed by atoms with E-state index in [2.05, 4.69) is 21.2 Å². The number of amides is 1. The van der Waals surface area contributed by atoms with Gasteiger partial charge in [0.2, 0.25) is 5.91 Å². The van der Waals surface area contributed by atoms with E-state index in [0.29, 0.717) is 22.2 Å². The van der Waals surface area contributed by atoms with Gasteiger partial charge in [-0.2, -0.15) is 0 Å². The number of H-pyrrole nitrogens is 1. The predicted molar refractivity (Wildman–Crippen MR) is 92.5 cm³/mol. The predicted octanol–water partition coefficient (Wildman–Crippen LogP) is 1.98. The number of aromatic nitrogens is 2. The second-order valence-corrected chi connectivity index (χ2v) is 6.14. The number of carbonyl (C=O) groups is 1. The maximum atomic E-state index is 12.6. The van der Waals surface area contributed by atoms with Crippen molar-refractivity contribution in [3.63, 3.8) is 0 Å². The fraction of sp³-hybridized carbons (Fsp3) is 0.235. The van der Waals surface area contributed by atoms with Crippen LogP contribution in [0.25, 0.3) is 0 Å². The number of ether oxygens (including phenoxy) is 1. The fourth-order valence-corrected chi connectivity index (χ4v) is 3.29. The summed E-state index contributed by atoms with van der Waals surface area (Å²) in [5, 5.41) is 3.07. The summed E-state index contributed by atoms with van der Waals surface area (Å²) in [5.74, 6) is 3.17. The van der Waals surface area contributed by atoms with Crippen molar-refractivity contribution < 1.29 is 9.53 Å². The Morgan fingerprint density at radius 1 is 1.42 bits per heavy atom. The Balaban J connectivity index is 2.12. The lowest BCUT2D eigenvalue weighted by Crippen LogP contribution is -2.31. The molecule has 0 fully saturated rings. The van der Waals surface area contributed by atoms with Crippen molar-refractivity contribution >= 4 is 23.5 Å². The van der Waals surface area contributed by atoms with Gasteiger partial charge in [0.1, 0.15) is 11.6 Å². The molecule has 1 aromatic carbocycles. The van der Waals surface area contributed by atoms with E-state index in [1.165, 1.54) is 11.8 Å². The van der Waals surface area contributed by atoms with Crippen LogP contribution in [-0.2, 0) is 4.79 Å². The average Bonchev–Trinajstić information content (AvgIpc) is 2.58. The molecule has 2 N–H and O–H groups in total. The molecule has 1 aliphatic rings. The van der Waals surface area contributed by atoms with Gasteiger partial charge in [0, 0.05) is 17.9 Å². The lowest BCUT2D eigenvalue weighted by molar-refractivity contribution is -0.116. The van der Waals surface area contributed by atoms with E-state index >= 15 is 0 Å². The second-order valence-electron chi connectivity index (χ2n) is 5.17.